The summed E-state index contributed by atoms with van der Waals surface area (Å²) in [7, 11) is 1.57. The quantitative estimate of drug-likeness (QED) is 0.413. The number of fused-ring (bicyclic) bond motifs is 7. The zero-order valence-electron chi connectivity index (χ0n) is 19.1. The lowest BCUT2D eigenvalue weighted by Gasteiger charge is -2.26. The fourth-order valence-corrected chi connectivity index (χ4v) is 5.31. The highest BCUT2D eigenvalue weighted by molar-refractivity contribution is 6.21. The van der Waals surface area contributed by atoms with E-state index in [0.717, 1.165) is 89.3 Å². The second-order valence-corrected chi connectivity index (χ2v) is 8.93. The van der Waals surface area contributed by atoms with Crippen LogP contribution in [0, 0.1) is 0 Å². The van der Waals surface area contributed by atoms with E-state index in [-0.39, 0.29) is 11.2 Å². The van der Waals surface area contributed by atoms with E-state index in [1.54, 1.807) is 25.3 Å². The number of aromatic nitrogens is 2. The summed E-state index contributed by atoms with van der Waals surface area (Å²) >= 11 is 0. The van der Waals surface area contributed by atoms with Gasteiger partial charge in [0.25, 0.3) is 0 Å². The fourth-order valence-electron chi connectivity index (χ4n) is 5.31. The van der Waals surface area contributed by atoms with Gasteiger partial charge in [0.05, 0.1) is 36.9 Å². The van der Waals surface area contributed by atoms with Gasteiger partial charge in [-0.15, -0.1) is 0 Å². The van der Waals surface area contributed by atoms with Crippen LogP contribution < -0.4 is 10.2 Å². The molecule has 1 aliphatic rings. The van der Waals surface area contributed by atoms with Crippen molar-refractivity contribution in [2.24, 2.45) is 0 Å². The van der Waals surface area contributed by atoms with Gasteiger partial charge in [0, 0.05) is 53.9 Å². The van der Waals surface area contributed by atoms with E-state index < -0.39 is 0 Å². The zero-order chi connectivity index (χ0) is 23.2. The predicted molar refractivity (Wildman–Crippen MR) is 135 cm³/mol. The largest absolute Gasteiger partial charge is 0.504 e. The molecule has 0 aliphatic carbocycles. The molecule has 0 atom stereocenters. The molecule has 1 aliphatic heterocycles. The molecule has 6 rings (SSSR count). The van der Waals surface area contributed by atoms with Crippen LogP contribution in [0.4, 0.5) is 0 Å². The van der Waals surface area contributed by atoms with E-state index in [0.29, 0.717) is 5.75 Å². The van der Waals surface area contributed by atoms with Gasteiger partial charge < -0.3 is 24.1 Å². The zero-order valence-corrected chi connectivity index (χ0v) is 19.1. The summed E-state index contributed by atoms with van der Waals surface area (Å²) in [5, 5.41) is 15.4. The van der Waals surface area contributed by atoms with E-state index >= 15 is 0 Å². The lowest BCUT2D eigenvalue weighted by molar-refractivity contribution is 0.0370. The van der Waals surface area contributed by atoms with Gasteiger partial charge in [-0.3, -0.25) is 9.69 Å². The molecule has 3 aromatic carbocycles. The average Bonchev–Trinajstić information content (AvgIpc) is 3.18. The van der Waals surface area contributed by atoms with E-state index in [1.807, 2.05) is 24.4 Å². The Morgan fingerprint density at radius 2 is 1.79 bits per heavy atom. The van der Waals surface area contributed by atoms with Gasteiger partial charge in [0.2, 0.25) is 0 Å². The van der Waals surface area contributed by atoms with Crippen molar-refractivity contribution in [2.75, 3.05) is 40.0 Å². The fraction of sp³-hybridized carbons (Fsp3) is 0.296. The Kier molecular flexibility index (Phi) is 5.16. The van der Waals surface area contributed by atoms with Crippen LogP contribution in [0.15, 0.2) is 53.5 Å². The van der Waals surface area contributed by atoms with Crippen molar-refractivity contribution in [3.8, 4) is 11.5 Å². The van der Waals surface area contributed by atoms with Crippen molar-refractivity contribution in [1.29, 1.82) is 0 Å². The summed E-state index contributed by atoms with van der Waals surface area (Å²) in [6, 6.07) is 13.0. The Labute approximate surface area is 196 Å². The van der Waals surface area contributed by atoms with Gasteiger partial charge in [-0.05, 0) is 42.1 Å². The minimum Gasteiger partial charge on any atom is -0.504 e. The van der Waals surface area contributed by atoms with Gasteiger partial charge in [-0.1, -0.05) is 12.1 Å². The number of hydrogen-bond acceptors (Lipinski definition) is 5. The minimum absolute atomic E-state index is 0.0130. The van der Waals surface area contributed by atoms with Crippen LogP contribution in [0.5, 0.6) is 11.5 Å². The number of benzene rings is 3. The van der Waals surface area contributed by atoms with Crippen LogP contribution in [0.3, 0.4) is 0 Å². The van der Waals surface area contributed by atoms with Crippen LogP contribution >= 0.6 is 0 Å². The van der Waals surface area contributed by atoms with E-state index in [2.05, 4.69) is 20.5 Å². The SMILES string of the molecule is COc1cc2c(c[nH]c3c4ccc5cc(=O)ccc5c4n(CCCN4CCOCC4)c23)cc1O. The molecule has 34 heavy (non-hydrogen) atoms. The summed E-state index contributed by atoms with van der Waals surface area (Å²) < 4.78 is 13.3. The highest BCUT2D eigenvalue weighted by Gasteiger charge is 2.18. The van der Waals surface area contributed by atoms with Crippen LogP contribution in [-0.4, -0.2) is 59.5 Å². The molecule has 2 aromatic heterocycles. The predicted octanol–water partition coefficient (Wildman–Crippen LogP) is 4.23. The van der Waals surface area contributed by atoms with Crippen LogP contribution in [0.1, 0.15) is 6.42 Å². The number of methoxy groups -OCH3 is 1. The van der Waals surface area contributed by atoms with Gasteiger partial charge in [0.1, 0.15) is 0 Å². The lowest BCUT2D eigenvalue weighted by atomic mass is 10.1. The summed E-state index contributed by atoms with van der Waals surface area (Å²) in [6.45, 7) is 5.34. The molecule has 3 heterocycles. The smallest absolute Gasteiger partial charge is 0.179 e. The van der Waals surface area contributed by atoms with Crippen molar-refractivity contribution >= 4 is 43.5 Å². The third-order valence-corrected chi connectivity index (χ3v) is 6.95. The van der Waals surface area contributed by atoms with Crippen LogP contribution in [0.25, 0.3) is 43.5 Å². The maximum absolute atomic E-state index is 12.0. The number of phenols is 1. The molecule has 0 saturated carbocycles. The number of nitrogens with one attached hydrogen (secondary N) is 1. The number of aryl methyl sites for hydroxylation is 1. The van der Waals surface area contributed by atoms with E-state index in [4.69, 9.17) is 9.47 Å². The number of H-pyrrole nitrogens is 1. The van der Waals surface area contributed by atoms with Crippen molar-refractivity contribution < 1.29 is 14.6 Å². The Bertz CT molecular complexity index is 1600. The Morgan fingerprint density at radius 3 is 2.62 bits per heavy atom. The van der Waals surface area contributed by atoms with Crippen molar-refractivity contribution in [3.63, 3.8) is 0 Å². The van der Waals surface area contributed by atoms with Crippen molar-refractivity contribution in [1.82, 2.24) is 14.5 Å². The number of morpholine rings is 1. The molecule has 0 radical (unpaired) electrons. The molecule has 1 fully saturated rings. The molecule has 1 saturated heterocycles. The standard InChI is InChI=1S/C27H27N3O4/c1-33-24-15-22-18(14-23(24)32)16-28-25-21-5-3-17-13-19(31)4-6-20(17)26(21)30(27(22)25)8-2-7-29-9-11-34-12-10-29/h3-6,13-16,28,32H,2,7-12H2,1H3. The Morgan fingerprint density at radius 1 is 0.971 bits per heavy atom. The first-order chi connectivity index (χ1) is 16.6. The maximum atomic E-state index is 12.0. The van der Waals surface area contributed by atoms with Crippen LogP contribution in [-0.2, 0) is 11.3 Å². The summed E-state index contributed by atoms with van der Waals surface area (Å²) in [5.74, 6) is 0.567. The van der Waals surface area contributed by atoms with Gasteiger partial charge in [-0.25, -0.2) is 0 Å². The number of nitrogens with zero attached hydrogens (tertiary/aromatic N) is 2. The summed E-state index contributed by atoms with van der Waals surface area (Å²) in [4.78, 5) is 18.0. The number of aromatic hydroxyl groups is 1. The molecule has 7 nitrogen and oxygen atoms in total. The highest BCUT2D eigenvalue weighted by Crippen LogP contribution is 2.39. The normalized spacial score (nSPS) is 15.1. The summed E-state index contributed by atoms with van der Waals surface area (Å²) in [5.41, 5.74) is 3.24. The lowest BCUT2D eigenvalue weighted by Crippen LogP contribution is -2.37. The number of phenolic OH excluding ortho intramolecular Hbond substituents is 1. The second-order valence-electron chi connectivity index (χ2n) is 8.93. The summed E-state index contributed by atoms with van der Waals surface area (Å²) in [6.07, 6.45) is 2.92. The first-order valence-corrected chi connectivity index (χ1v) is 11.7. The van der Waals surface area contributed by atoms with E-state index in [9.17, 15) is 9.90 Å². The van der Waals surface area contributed by atoms with Crippen molar-refractivity contribution in [3.05, 3.63) is 58.9 Å². The number of hydrogen-bond donors (Lipinski definition) is 2. The highest BCUT2D eigenvalue weighted by atomic mass is 16.5. The third-order valence-electron chi connectivity index (χ3n) is 6.95. The van der Waals surface area contributed by atoms with E-state index in [1.165, 1.54) is 0 Å². The molecule has 0 bridgehead atoms. The molecule has 2 N–H and O–H groups in total. The average molecular weight is 458 g/mol. The Balaban J connectivity index is 1.60. The third kappa shape index (κ3) is 3.40. The Hall–Kier alpha value is -3.55. The van der Waals surface area contributed by atoms with Gasteiger partial charge >= 0.3 is 0 Å². The molecule has 0 spiro atoms. The number of aromatic amines is 1. The topological polar surface area (TPSA) is 79.7 Å². The molecule has 5 aromatic rings. The molecule has 7 heteroatoms. The molecule has 174 valence electrons. The maximum Gasteiger partial charge on any atom is 0.179 e. The number of pyridine rings is 1. The minimum atomic E-state index is 0.0130. The number of ether oxygens (including phenoxy) is 2. The molecular formula is C27H27N3O4. The van der Waals surface area contributed by atoms with Crippen molar-refractivity contribution in [2.45, 2.75) is 13.0 Å². The van der Waals surface area contributed by atoms with Crippen LogP contribution in [0.2, 0.25) is 0 Å². The second kappa shape index (κ2) is 8.34. The monoisotopic (exact) mass is 457 g/mol. The first-order valence-electron chi connectivity index (χ1n) is 11.7. The first kappa shape index (κ1) is 21.0. The molecular weight excluding hydrogens is 430 g/mol. The van der Waals surface area contributed by atoms with Gasteiger partial charge in [-0.2, -0.15) is 0 Å². The van der Waals surface area contributed by atoms with Gasteiger partial charge in [0.15, 0.2) is 16.9 Å². The molecule has 0 amide bonds. The number of rotatable bonds is 5. The molecule has 0 unspecified atom stereocenters.